The van der Waals surface area contributed by atoms with E-state index in [4.69, 9.17) is 10.3 Å². The fourth-order valence-corrected chi connectivity index (χ4v) is 2.20. The number of aromatic nitrogens is 4. The predicted octanol–water partition coefficient (Wildman–Crippen LogP) is 2.08. The molecule has 0 aromatic carbocycles. The number of rotatable bonds is 2. The van der Waals surface area contributed by atoms with Crippen LogP contribution in [0.1, 0.15) is 46.1 Å². The largest absolute Gasteiger partial charge is 0.333 e. The van der Waals surface area contributed by atoms with Gasteiger partial charge in [-0.15, -0.1) is 5.10 Å². The summed E-state index contributed by atoms with van der Waals surface area (Å²) >= 11 is 1.26. The second-order valence-electron chi connectivity index (χ2n) is 5.85. The molecule has 0 saturated carbocycles. The van der Waals surface area contributed by atoms with E-state index < -0.39 is 5.54 Å². The molecule has 0 saturated heterocycles. The molecule has 0 fully saturated rings. The average molecular weight is 267 g/mol. The standard InChI is InChI=1S/C11H17N5OS/c1-10(2,3)7-6(18-16-14-7)8-13-9(15-17-8)11(4,5)12/h12H2,1-5H3. The molecule has 2 N–H and O–H groups in total. The van der Waals surface area contributed by atoms with E-state index in [1.165, 1.54) is 11.5 Å². The number of nitrogens with zero attached hydrogens (tertiary/aromatic N) is 4. The van der Waals surface area contributed by atoms with E-state index >= 15 is 0 Å². The van der Waals surface area contributed by atoms with Crippen molar-refractivity contribution in [3.8, 4) is 10.8 Å². The highest BCUT2D eigenvalue weighted by Gasteiger charge is 2.28. The van der Waals surface area contributed by atoms with Gasteiger partial charge in [0.1, 0.15) is 4.88 Å². The van der Waals surface area contributed by atoms with E-state index in [1.54, 1.807) is 0 Å². The van der Waals surface area contributed by atoms with E-state index in [9.17, 15) is 0 Å². The fourth-order valence-electron chi connectivity index (χ4n) is 1.40. The monoisotopic (exact) mass is 267 g/mol. The van der Waals surface area contributed by atoms with Crippen molar-refractivity contribution >= 4 is 11.5 Å². The van der Waals surface area contributed by atoms with Gasteiger partial charge < -0.3 is 10.3 Å². The van der Waals surface area contributed by atoms with Crippen LogP contribution in [0.3, 0.4) is 0 Å². The molecule has 0 aliphatic carbocycles. The Balaban J connectivity index is 2.45. The molecule has 98 valence electrons. The van der Waals surface area contributed by atoms with Gasteiger partial charge in [0, 0.05) is 5.41 Å². The molecule has 7 heteroatoms. The molecule has 0 bridgehead atoms. The van der Waals surface area contributed by atoms with Crippen molar-refractivity contribution in [1.82, 2.24) is 19.7 Å². The lowest BCUT2D eigenvalue weighted by atomic mass is 9.91. The van der Waals surface area contributed by atoms with Gasteiger partial charge in [0.2, 0.25) is 0 Å². The van der Waals surface area contributed by atoms with Gasteiger partial charge in [-0.25, -0.2) is 0 Å². The SMILES string of the molecule is CC(C)(C)c1nnsc1-c1nc(C(C)(C)N)no1. The first kappa shape index (κ1) is 13.1. The molecule has 2 rings (SSSR count). The smallest absolute Gasteiger partial charge is 0.271 e. The summed E-state index contributed by atoms with van der Waals surface area (Å²) < 4.78 is 9.23. The van der Waals surface area contributed by atoms with Crippen molar-refractivity contribution in [2.45, 2.75) is 45.6 Å². The van der Waals surface area contributed by atoms with Crippen LogP contribution in [-0.4, -0.2) is 19.7 Å². The Kier molecular flexibility index (Phi) is 2.98. The molecule has 0 radical (unpaired) electrons. The quantitative estimate of drug-likeness (QED) is 0.895. The molecule has 0 spiro atoms. The molecule has 6 nitrogen and oxygen atoms in total. The van der Waals surface area contributed by atoms with Crippen molar-refractivity contribution in [2.24, 2.45) is 5.73 Å². The lowest BCUT2D eigenvalue weighted by molar-refractivity contribution is 0.397. The van der Waals surface area contributed by atoms with Gasteiger partial charge in [0.15, 0.2) is 5.82 Å². The topological polar surface area (TPSA) is 90.7 Å². The molecular formula is C11H17N5OS. The van der Waals surface area contributed by atoms with Crippen LogP contribution in [0.25, 0.3) is 10.8 Å². The fraction of sp³-hybridized carbons (Fsp3) is 0.636. The summed E-state index contributed by atoms with van der Waals surface area (Å²) in [6.45, 7) is 9.86. The maximum Gasteiger partial charge on any atom is 0.271 e. The third-order valence-electron chi connectivity index (χ3n) is 2.40. The van der Waals surface area contributed by atoms with Crippen LogP contribution in [0.15, 0.2) is 4.52 Å². The van der Waals surface area contributed by atoms with E-state index in [2.05, 4.69) is 40.5 Å². The second-order valence-corrected chi connectivity index (χ2v) is 6.60. The van der Waals surface area contributed by atoms with Crippen LogP contribution >= 0.6 is 11.5 Å². The summed E-state index contributed by atoms with van der Waals surface area (Å²) in [5, 5.41) is 8.05. The van der Waals surface area contributed by atoms with E-state index in [0.717, 1.165) is 10.6 Å². The van der Waals surface area contributed by atoms with Crippen LogP contribution in [-0.2, 0) is 11.0 Å². The summed E-state index contributed by atoms with van der Waals surface area (Å²) in [6, 6.07) is 0. The first-order valence-corrected chi connectivity index (χ1v) is 6.43. The van der Waals surface area contributed by atoms with Crippen LogP contribution in [0, 0.1) is 0 Å². The molecule has 0 aliphatic heterocycles. The zero-order chi connectivity index (χ0) is 13.6. The lowest BCUT2D eigenvalue weighted by Gasteiger charge is -2.15. The first-order valence-electron chi connectivity index (χ1n) is 5.66. The van der Waals surface area contributed by atoms with Gasteiger partial charge >= 0.3 is 0 Å². The van der Waals surface area contributed by atoms with Crippen molar-refractivity contribution in [3.05, 3.63) is 11.5 Å². The predicted molar refractivity (Wildman–Crippen MR) is 69.1 cm³/mol. The Morgan fingerprint density at radius 3 is 2.33 bits per heavy atom. The number of hydrogen-bond donors (Lipinski definition) is 1. The van der Waals surface area contributed by atoms with Crippen LogP contribution in [0.2, 0.25) is 0 Å². The van der Waals surface area contributed by atoms with Crippen molar-refractivity contribution in [3.63, 3.8) is 0 Å². The minimum absolute atomic E-state index is 0.116. The average Bonchev–Trinajstić information content (AvgIpc) is 2.84. The van der Waals surface area contributed by atoms with Crippen LogP contribution in [0.4, 0.5) is 0 Å². The molecule has 18 heavy (non-hydrogen) atoms. The zero-order valence-electron chi connectivity index (χ0n) is 11.2. The molecule has 0 amide bonds. The van der Waals surface area contributed by atoms with Gasteiger partial charge in [-0.3, -0.25) is 0 Å². The van der Waals surface area contributed by atoms with Crippen molar-refractivity contribution in [2.75, 3.05) is 0 Å². The highest BCUT2D eigenvalue weighted by atomic mass is 32.1. The molecular weight excluding hydrogens is 250 g/mol. The molecule has 2 aromatic heterocycles. The maximum absolute atomic E-state index is 5.93. The van der Waals surface area contributed by atoms with Gasteiger partial charge in [0.25, 0.3) is 5.89 Å². The summed E-state index contributed by atoms with van der Waals surface area (Å²) in [7, 11) is 0. The van der Waals surface area contributed by atoms with Gasteiger partial charge in [0.05, 0.1) is 11.2 Å². The van der Waals surface area contributed by atoms with Gasteiger partial charge in [-0.1, -0.05) is 30.4 Å². The maximum atomic E-state index is 5.93. The van der Waals surface area contributed by atoms with E-state index in [1.807, 2.05) is 13.8 Å². The van der Waals surface area contributed by atoms with E-state index in [0.29, 0.717) is 11.7 Å². The minimum atomic E-state index is -0.623. The Labute approximate surface area is 110 Å². The Morgan fingerprint density at radius 1 is 1.17 bits per heavy atom. The molecule has 0 aliphatic rings. The summed E-state index contributed by atoms with van der Waals surface area (Å²) in [5.41, 5.74) is 6.05. The van der Waals surface area contributed by atoms with Crippen molar-refractivity contribution in [1.29, 1.82) is 0 Å². The Hall–Kier alpha value is -1.34. The highest BCUT2D eigenvalue weighted by molar-refractivity contribution is 7.09. The van der Waals surface area contributed by atoms with Gasteiger partial charge in [-0.05, 0) is 25.4 Å². The molecule has 2 heterocycles. The third-order valence-corrected chi connectivity index (χ3v) is 3.11. The molecule has 0 unspecified atom stereocenters. The van der Waals surface area contributed by atoms with Crippen molar-refractivity contribution < 1.29 is 4.52 Å². The van der Waals surface area contributed by atoms with Crippen LogP contribution < -0.4 is 5.73 Å². The highest BCUT2D eigenvalue weighted by Crippen LogP contribution is 2.33. The molecule has 2 aromatic rings. The van der Waals surface area contributed by atoms with Gasteiger partial charge in [-0.2, -0.15) is 4.98 Å². The lowest BCUT2D eigenvalue weighted by Crippen LogP contribution is -2.30. The van der Waals surface area contributed by atoms with Crippen LogP contribution in [0.5, 0.6) is 0 Å². The summed E-state index contributed by atoms with van der Waals surface area (Å²) in [5.74, 6) is 0.911. The first-order chi connectivity index (χ1) is 8.19. The Bertz CT molecular complexity index is 546. The van der Waals surface area contributed by atoms with E-state index in [-0.39, 0.29) is 5.41 Å². The minimum Gasteiger partial charge on any atom is -0.333 e. The second kappa shape index (κ2) is 4.10. The number of hydrogen-bond acceptors (Lipinski definition) is 7. The number of nitrogens with two attached hydrogens (primary N) is 1. The summed E-state index contributed by atoms with van der Waals surface area (Å²) in [4.78, 5) is 5.14. The third kappa shape index (κ3) is 2.41. The Morgan fingerprint density at radius 2 is 1.83 bits per heavy atom. The summed E-state index contributed by atoms with van der Waals surface area (Å²) in [6.07, 6.45) is 0. The molecule has 0 atom stereocenters. The zero-order valence-corrected chi connectivity index (χ0v) is 12.0. The normalized spacial score (nSPS) is 13.0.